The highest BCUT2D eigenvalue weighted by atomic mass is 16.5. The molecular weight excluding hydrogens is 827 g/mol. The van der Waals surface area contributed by atoms with Gasteiger partial charge in [0.15, 0.2) is 0 Å². The van der Waals surface area contributed by atoms with Crippen molar-refractivity contribution < 1.29 is 24.5 Å². The van der Waals surface area contributed by atoms with Crippen molar-refractivity contribution in [3.63, 3.8) is 0 Å². The van der Waals surface area contributed by atoms with E-state index in [0.717, 1.165) is 70.6 Å². The lowest BCUT2D eigenvalue weighted by molar-refractivity contribution is -0.151. The van der Waals surface area contributed by atoms with E-state index in [-0.39, 0.29) is 24.9 Å². The fourth-order valence-electron chi connectivity index (χ4n) is 7.26. The maximum atomic E-state index is 13.2. The Morgan fingerprint density at radius 2 is 0.821 bits per heavy atom. The summed E-state index contributed by atoms with van der Waals surface area (Å²) in [6.07, 6.45) is 76.2. The molecule has 67 heavy (non-hydrogen) atoms. The summed E-state index contributed by atoms with van der Waals surface area (Å²) in [5.41, 5.74) is 0. The SMILES string of the molecule is CC\C=C/C=C/C=C/C=C\C=C\C=C\CCCCCC(=O)OC(CCC/C=C/C=C/C=C\C=C\C=C\C=C/CC)CC(=O)NC(CO)C(O)CCCCCCCCCCCCCCCCCC. The molecule has 6 nitrogen and oxygen atoms in total. The van der Waals surface area contributed by atoms with Crippen LogP contribution >= 0.6 is 0 Å². The van der Waals surface area contributed by atoms with Gasteiger partial charge in [0, 0.05) is 6.42 Å². The predicted molar refractivity (Wildman–Crippen MR) is 291 cm³/mol. The molecule has 0 aliphatic heterocycles. The second kappa shape index (κ2) is 52.7. The summed E-state index contributed by atoms with van der Waals surface area (Å²) in [4.78, 5) is 26.2. The van der Waals surface area contributed by atoms with Crippen LogP contribution in [0.2, 0.25) is 0 Å². The van der Waals surface area contributed by atoms with Crippen LogP contribution < -0.4 is 5.32 Å². The molecule has 3 unspecified atom stereocenters. The third kappa shape index (κ3) is 48.0. The molecule has 0 rings (SSSR count). The molecule has 6 heteroatoms. The zero-order valence-corrected chi connectivity index (χ0v) is 42.7. The first kappa shape index (κ1) is 62.7. The van der Waals surface area contributed by atoms with Gasteiger partial charge in [0.05, 0.1) is 25.2 Å². The van der Waals surface area contributed by atoms with Gasteiger partial charge in [0.1, 0.15) is 6.10 Å². The van der Waals surface area contributed by atoms with Crippen LogP contribution in [0.5, 0.6) is 0 Å². The van der Waals surface area contributed by atoms with Gasteiger partial charge in [-0.1, -0.05) is 276 Å². The summed E-state index contributed by atoms with van der Waals surface area (Å²) >= 11 is 0. The highest BCUT2D eigenvalue weighted by Gasteiger charge is 2.24. The average Bonchev–Trinajstić information content (AvgIpc) is 3.32. The van der Waals surface area contributed by atoms with Crippen molar-refractivity contribution >= 4 is 11.9 Å². The maximum Gasteiger partial charge on any atom is 0.306 e. The number of carbonyl (C=O) groups excluding carboxylic acids is 2. The Balaban J connectivity index is 4.81. The number of carbonyl (C=O) groups is 2. The van der Waals surface area contributed by atoms with Gasteiger partial charge in [0.25, 0.3) is 0 Å². The van der Waals surface area contributed by atoms with Crippen LogP contribution in [0.1, 0.15) is 201 Å². The molecule has 0 radical (unpaired) electrons. The van der Waals surface area contributed by atoms with E-state index in [9.17, 15) is 19.8 Å². The van der Waals surface area contributed by atoms with E-state index in [4.69, 9.17) is 4.74 Å². The Kier molecular flexibility index (Phi) is 49.4. The number of hydrogen-bond donors (Lipinski definition) is 3. The molecule has 3 atom stereocenters. The third-order valence-electron chi connectivity index (χ3n) is 11.2. The summed E-state index contributed by atoms with van der Waals surface area (Å²) in [5.74, 6) is -0.616. The molecule has 0 aliphatic carbocycles. The number of esters is 1. The fraction of sp³-hybridized carbons (Fsp3) is 0.574. The van der Waals surface area contributed by atoms with Crippen LogP contribution in [0.3, 0.4) is 0 Å². The summed E-state index contributed by atoms with van der Waals surface area (Å²) in [7, 11) is 0. The van der Waals surface area contributed by atoms with Gasteiger partial charge in [0.2, 0.25) is 5.91 Å². The molecule has 0 saturated carbocycles. The first-order chi connectivity index (χ1) is 33.0. The molecule has 0 aromatic heterocycles. The van der Waals surface area contributed by atoms with Gasteiger partial charge < -0.3 is 20.3 Å². The molecule has 1 amide bonds. The maximum absolute atomic E-state index is 13.2. The molecule has 0 fully saturated rings. The highest BCUT2D eigenvalue weighted by molar-refractivity contribution is 5.77. The van der Waals surface area contributed by atoms with E-state index in [1.807, 2.05) is 122 Å². The number of amides is 1. The van der Waals surface area contributed by atoms with Crippen molar-refractivity contribution in [1.82, 2.24) is 5.32 Å². The molecule has 0 aromatic rings. The molecule has 376 valence electrons. The minimum atomic E-state index is -0.827. The number of unbranched alkanes of at least 4 members (excludes halogenated alkanes) is 19. The molecule has 3 N–H and O–H groups in total. The van der Waals surface area contributed by atoms with Gasteiger partial charge in [-0.2, -0.15) is 0 Å². The van der Waals surface area contributed by atoms with E-state index >= 15 is 0 Å². The lowest BCUT2D eigenvalue weighted by Gasteiger charge is -2.24. The second-order valence-electron chi connectivity index (χ2n) is 17.5. The molecule has 0 saturated heterocycles. The van der Waals surface area contributed by atoms with E-state index < -0.39 is 18.2 Å². The van der Waals surface area contributed by atoms with Crippen LogP contribution in [-0.4, -0.2) is 46.9 Å². The third-order valence-corrected chi connectivity index (χ3v) is 11.2. The topological polar surface area (TPSA) is 95.9 Å². The average molecular weight is 924 g/mol. The Labute approximate surface area is 411 Å². The predicted octanol–water partition coefficient (Wildman–Crippen LogP) is 16.4. The van der Waals surface area contributed by atoms with Crippen LogP contribution in [0.4, 0.5) is 0 Å². The molecular formula is C61H97NO5. The molecule has 0 bridgehead atoms. The van der Waals surface area contributed by atoms with Crippen LogP contribution in [0.25, 0.3) is 0 Å². The normalized spacial score (nSPS) is 14.4. The van der Waals surface area contributed by atoms with E-state index in [0.29, 0.717) is 19.3 Å². The summed E-state index contributed by atoms with van der Waals surface area (Å²) < 4.78 is 5.88. The van der Waals surface area contributed by atoms with Gasteiger partial charge >= 0.3 is 5.97 Å². The van der Waals surface area contributed by atoms with E-state index in [1.54, 1.807) is 0 Å². The highest BCUT2D eigenvalue weighted by Crippen LogP contribution is 2.17. The molecule has 0 aromatic carbocycles. The monoisotopic (exact) mass is 924 g/mol. The summed E-state index contributed by atoms with van der Waals surface area (Å²) in [5, 5.41) is 23.8. The standard InChI is InChI=1S/C61H97NO5/c1-4-7-10-13-16-19-22-25-28-30-33-36-39-42-45-48-51-54-61(66)67-57(52-49-46-43-40-37-34-31-27-24-21-18-15-12-9-6-3)55-60(65)62-58(56-63)59(64)53-50-47-44-41-38-35-32-29-26-23-20-17-14-11-8-5-2/h7,9-10,12-13,15-16,18-19,21-22,24-25,27-28,30-31,33-34,36-37,39-40,43,57-59,63-64H,4-6,8,11,14,17,20,23,26,29,32,35,38,41-42,44-56H2,1-3H3,(H,62,65)/b10-7-,12-9-,16-13+,18-15+,22-19+,24-21+,28-25-,31-27-,33-30+,37-34+,39-36+,43-40+. The van der Waals surface area contributed by atoms with Crippen molar-refractivity contribution in [1.29, 1.82) is 0 Å². The van der Waals surface area contributed by atoms with Gasteiger partial charge in [-0.25, -0.2) is 0 Å². The van der Waals surface area contributed by atoms with Gasteiger partial charge in [-0.15, -0.1) is 0 Å². The fourth-order valence-corrected chi connectivity index (χ4v) is 7.26. The largest absolute Gasteiger partial charge is 0.462 e. The number of ether oxygens (including phenoxy) is 1. The Hall–Kier alpha value is -4.26. The van der Waals surface area contributed by atoms with Gasteiger partial charge in [-0.05, 0) is 57.8 Å². The van der Waals surface area contributed by atoms with Crippen LogP contribution in [0, 0.1) is 0 Å². The Morgan fingerprint density at radius 3 is 1.24 bits per heavy atom. The minimum Gasteiger partial charge on any atom is -0.462 e. The summed E-state index contributed by atoms with van der Waals surface area (Å²) in [6, 6.07) is -0.748. The lowest BCUT2D eigenvalue weighted by atomic mass is 10.0. The Morgan fingerprint density at radius 1 is 0.448 bits per heavy atom. The molecule has 0 heterocycles. The van der Waals surface area contributed by atoms with Gasteiger partial charge in [-0.3, -0.25) is 9.59 Å². The first-order valence-electron chi connectivity index (χ1n) is 26.7. The zero-order chi connectivity index (χ0) is 48.8. The lowest BCUT2D eigenvalue weighted by Crippen LogP contribution is -2.46. The number of rotatable bonds is 45. The summed E-state index contributed by atoms with van der Waals surface area (Å²) in [6.45, 7) is 6.16. The van der Waals surface area contributed by atoms with Crippen LogP contribution in [-0.2, 0) is 14.3 Å². The van der Waals surface area contributed by atoms with Crippen molar-refractivity contribution in [2.24, 2.45) is 0 Å². The molecule has 0 aliphatic rings. The first-order valence-corrected chi connectivity index (χ1v) is 26.7. The molecule has 0 spiro atoms. The van der Waals surface area contributed by atoms with Crippen molar-refractivity contribution in [3.8, 4) is 0 Å². The minimum absolute atomic E-state index is 0.00248. The number of hydrogen-bond acceptors (Lipinski definition) is 5. The van der Waals surface area contributed by atoms with Crippen LogP contribution in [0.15, 0.2) is 146 Å². The van der Waals surface area contributed by atoms with Crippen molar-refractivity contribution in [2.75, 3.05) is 6.61 Å². The quantitative estimate of drug-likeness (QED) is 0.0321. The number of nitrogens with one attached hydrogen (secondary N) is 1. The number of allylic oxidation sites excluding steroid dienone is 24. The smallest absolute Gasteiger partial charge is 0.306 e. The zero-order valence-electron chi connectivity index (χ0n) is 42.7. The van der Waals surface area contributed by atoms with E-state index in [1.165, 1.54) is 83.5 Å². The second-order valence-corrected chi connectivity index (χ2v) is 17.5. The van der Waals surface area contributed by atoms with Crippen molar-refractivity contribution in [3.05, 3.63) is 146 Å². The van der Waals surface area contributed by atoms with E-state index in [2.05, 4.69) is 50.4 Å². The Bertz CT molecular complexity index is 1500. The number of aliphatic hydroxyl groups is 2. The van der Waals surface area contributed by atoms with Crippen molar-refractivity contribution in [2.45, 2.75) is 219 Å². The number of aliphatic hydroxyl groups excluding tert-OH is 2.